The summed E-state index contributed by atoms with van der Waals surface area (Å²) in [6, 6.07) is 17.3. The van der Waals surface area contributed by atoms with Crippen LogP contribution >= 0.6 is 0 Å². The topological polar surface area (TPSA) is 23.5 Å². The summed E-state index contributed by atoms with van der Waals surface area (Å²) >= 11 is 0. The van der Waals surface area contributed by atoms with Crippen LogP contribution in [-0.4, -0.2) is 22.6 Å². The largest absolute Gasteiger partial charge is 0.508 e. The molecule has 0 radical (unpaired) electrons. The molecule has 2 aliphatic heterocycles. The Hall–Kier alpha value is -1.80. The molecule has 22 heavy (non-hydrogen) atoms. The Morgan fingerprint density at radius 1 is 0.955 bits per heavy atom. The predicted molar refractivity (Wildman–Crippen MR) is 88.9 cm³/mol. The molecular formula is C20H23NO. The summed E-state index contributed by atoms with van der Waals surface area (Å²) in [5, 5.41) is 9.69. The number of hydrogen-bond donors (Lipinski definition) is 1. The molecule has 2 atom stereocenters. The third-order valence-electron chi connectivity index (χ3n) is 5.30. The minimum Gasteiger partial charge on any atom is -0.508 e. The van der Waals surface area contributed by atoms with E-state index >= 15 is 0 Å². The van der Waals surface area contributed by atoms with Gasteiger partial charge in [-0.15, -0.1) is 0 Å². The Kier molecular flexibility index (Phi) is 3.63. The minimum absolute atomic E-state index is 0.375. The van der Waals surface area contributed by atoms with Gasteiger partial charge in [0.15, 0.2) is 0 Å². The van der Waals surface area contributed by atoms with Gasteiger partial charge < -0.3 is 5.11 Å². The van der Waals surface area contributed by atoms with Crippen LogP contribution in [0.1, 0.15) is 29.5 Å². The number of phenolic OH excluding ortho intramolecular Hbond substituents is 1. The fourth-order valence-electron chi connectivity index (χ4n) is 4.18. The molecule has 0 unspecified atom stereocenters. The zero-order chi connectivity index (χ0) is 14.9. The summed E-state index contributed by atoms with van der Waals surface area (Å²) < 4.78 is 0. The molecule has 5 rings (SSSR count). The van der Waals surface area contributed by atoms with Crippen molar-refractivity contribution >= 4 is 0 Å². The first-order valence-electron chi connectivity index (χ1n) is 8.36. The molecule has 2 bridgehead atoms. The second-order valence-electron chi connectivity index (χ2n) is 6.87. The third-order valence-corrected chi connectivity index (χ3v) is 5.30. The van der Waals surface area contributed by atoms with Gasteiger partial charge in [-0.25, -0.2) is 0 Å². The third kappa shape index (κ3) is 2.76. The molecule has 1 aliphatic carbocycles. The molecule has 3 aliphatic rings. The Morgan fingerprint density at radius 3 is 2.59 bits per heavy atom. The van der Waals surface area contributed by atoms with Gasteiger partial charge in [0.05, 0.1) is 0 Å². The van der Waals surface area contributed by atoms with Crippen LogP contribution in [0.25, 0.3) is 0 Å². The first kappa shape index (κ1) is 13.8. The van der Waals surface area contributed by atoms with E-state index in [-0.39, 0.29) is 0 Å². The lowest BCUT2D eigenvalue weighted by Gasteiger charge is -2.42. The molecule has 1 fully saturated rings. The highest BCUT2D eigenvalue weighted by molar-refractivity contribution is 5.30. The van der Waals surface area contributed by atoms with Gasteiger partial charge in [-0.05, 0) is 60.4 Å². The number of fused-ring (bicyclic) bond motifs is 2. The van der Waals surface area contributed by atoms with Crippen LogP contribution in [0, 0.1) is 5.92 Å². The maximum Gasteiger partial charge on any atom is 0.115 e. The van der Waals surface area contributed by atoms with Gasteiger partial charge in [0.1, 0.15) is 5.75 Å². The van der Waals surface area contributed by atoms with Crippen LogP contribution in [-0.2, 0) is 19.4 Å². The molecule has 2 aromatic carbocycles. The molecule has 0 aromatic heterocycles. The number of phenols is 1. The lowest BCUT2D eigenvalue weighted by atomic mass is 9.80. The Labute approximate surface area is 132 Å². The van der Waals surface area contributed by atoms with E-state index in [1.807, 2.05) is 12.1 Å². The highest BCUT2D eigenvalue weighted by atomic mass is 16.3. The van der Waals surface area contributed by atoms with E-state index in [2.05, 4.69) is 35.2 Å². The Morgan fingerprint density at radius 2 is 1.77 bits per heavy atom. The van der Waals surface area contributed by atoms with Gasteiger partial charge in [0.2, 0.25) is 0 Å². The maximum absolute atomic E-state index is 9.69. The second-order valence-corrected chi connectivity index (χ2v) is 6.87. The molecule has 2 nitrogen and oxygen atoms in total. The van der Waals surface area contributed by atoms with Gasteiger partial charge in [0.25, 0.3) is 0 Å². The molecular weight excluding hydrogens is 270 g/mol. The highest BCUT2D eigenvalue weighted by Crippen LogP contribution is 2.33. The van der Waals surface area contributed by atoms with Gasteiger partial charge in [0, 0.05) is 19.1 Å². The molecule has 0 spiro atoms. The highest BCUT2D eigenvalue weighted by Gasteiger charge is 2.31. The first-order chi connectivity index (χ1) is 10.8. The summed E-state index contributed by atoms with van der Waals surface area (Å²) in [4.78, 5) is 2.64. The van der Waals surface area contributed by atoms with E-state index in [4.69, 9.17) is 0 Å². The maximum atomic E-state index is 9.69. The predicted octanol–water partition coefficient (Wildman–Crippen LogP) is 3.77. The Balaban J connectivity index is 1.58. The SMILES string of the molecule is Oc1cccc(CN2C[C@@H]3CC[C@H]2Cc2ccccc2C3)c1. The zero-order valence-electron chi connectivity index (χ0n) is 12.9. The molecule has 2 heterocycles. The van der Waals surface area contributed by atoms with Crippen molar-refractivity contribution in [1.29, 1.82) is 0 Å². The Bertz CT molecular complexity index is 666. The summed E-state index contributed by atoms with van der Waals surface area (Å²) in [7, 11) is 0. The van der Waals surface area contributed by atoms with Crippen molar-refractivity contribution in [2.75, 3.05) is 6.54 Å². The molecule has 1 saturated heterocycles. The smallest absolute Gasteiger partial charge is 0.115 e. The van der Waals surface area contributed by atoms with Crippen LogP contribution in [0.3, 0.4) is 0 Å². The minimum atomic E-state index is 0.375. The number of piperidine rings is 1. The molecule has 2 aromatic rings. The van der Waals surface area contributed by atoms with E-state index < -0.39 is 0 Å². The van der Waals surface area contributed by atoms with Crippen LogP contribution in [0.4, 0.5) is 0 Å². The number of benzene rings is 2. The normalized spacial score (nSPS) is 24.5. The van der Waals surface area contributed by atoms with Crippen molar-refractivity contribution < 1.29 is 5.11 Å². The van der Waals surface area contributed by atoms with Crippen LogP contribution in [0.5, 0.6) is 5.75 Å². The van der Waals surface area contributed by atoms with Gasteiger partial charge in [-0.2, -0.15) is 0 Å². The van der Waals surface area contributed by atoms with Gasteiger partial charge in [-0.3, -0.25) is 4.90 Å². The lowest BCUT2D eigenvalue weighted by Crippen LogP contribution is -2.46. The van der Waals surface area contributed by atoms with Crippen molar-refractivity contribution in [2.24, 2.45) is 5.92 Å². The lowest BCUT2D eigenvalue weighted by molar-refractivity contribution is 0.0937. The van der Waals surface area contributed by atoms with E-state index in [1.165, 1.54) is 43.4 Å². The molecule has 2 heteroatoms. The molecule has 114 valence electrons. The fourth-order valence-corrected chi connectivity index (χ4v) is 4.18. The van der Waals surface area contributed by atoms with E-state index in [9.17, 15) is 5.11 Å². The molecule has 0 saturated carbocycles. The van der Waals surface area contributed by atoms with E-state index in [0.29, 0.717) is 11.8 Å². The van der Waals surface area contributed by atoms with Gasteiger partial charge >= 0.3 is 0 Å². The van der Waals surface area contributed by atoms with Crippen LogP contribution in [0.15, 0.2) is 48.5 Å². The van der Waals surface area contributed by atoms with Crippen LogP contribution in [0.2, 0.25) is 0 Å². The number of hydrogen-bond acceptors (Lipinski definition) is 2. The summed E-state index contributed by atoms with van der Waals surface area (Å²) in [6.07, 6.45) is 5.05. The molecule has 1 N–H and O–H groups in total. The standard InChI is InChI=1S/C20H23NO/c22-20-7-3-4-15(11-20)13-21-14-16-8-9-19(21)12-18-6-2-1-5-17(18)10-16/h1-7,11,16,19,22H,8-10,12-14H2/t16-,19+/m1/s1. The van der Waals surface area contributed by atoms with Crippen molar-refractivity contribution in [1.82, 2.24) is 4.90 Å². The molecule has 0 amide bonds. The average molecular weight is 293 g/mol. The van der Waals surface area contributed by atoms with Crippen LogP contribution < -0.4 is 0 Å². The van der Waals surface area contributed by atoms with E-state index in [1.54, 1.807) is 11.6 Å². The van der Waals surface area contributed by atoms with Crippen molar-refractivity contribution in [2.45, 2.75) is 38.3 Å². The first-order valence-corrected chi connectivity index (χ1v) is 8.36. The summed E-state index contributed by atoms with van der Waals surface area (Å²) in [6.45, 7) is 2.15. The number of aromatic hydroxyl groups is 1. The van der Waals surface area contributed by atoms with Crippen molar-refractivity contribution in [3.05, 3.63) is 65.2 Å². The van der Waals surface area contributed by atoms with Gasteiger partial charge in [-0.1, -0.05) is 36.4 Å². The summed E-state index contributed by atoms with van der Waals surface area (Å²) in [5.41, 5.74) is 4.33. The fraction of sp³-hybridized carbons (Fsp3) is 0.400. The van der Waals surface area contributed by atoms with Crippen molar-refractivity contribution in [3.8, 4) is 5.75 Å². The monoisotopic (exact) mass is 293 g/mol. The number of nitrogens with zero attached hydrogens (tertiary/aromatic N) is 1. The number of rotatable bonds is 2. The zero-order valence-corrected chi connectivity index (χ0v) is 12.9. The quantitative estimate of drug-likeness (QED) is 0.911. The second kappa shape index (κ2) is 5.77. The average Bonchev–Trinajstić information content (AvgIpc) is 2.48. The van der Waals surface area contributed by atoms with Crippen molar-refractivity contribution in [3.63, 3.8) is 0 Å². The van der Waals surface area contributed by atoms with E-state index in [0.717, 1.165) is 12.5 Å². The summed E-state index contributed by atoms with van der Waals surface area (Å²) in [5.74, 6) is 1.15.